The first kappa shape index (κ1) is 11.7. The van der Waals surface area contributed by atoms with Crippen molar-refractivity contribution in [2.45, 2.75) is 0 Å². The molecule has 4 heteroatoms. The third kappa shape index (κ3) is 3.79. The van der Waals surface area contributed by atoms with Gasteiger partial charge in [-0.2, -0.15) is 0 Å². The molecule has 0 radical (unpaired) electrons. The maximum atomic E-state index is 11.5. The van der Waals surface area contributed by atoms with Gasteiger partial charge in [-0.25, -0.2) is 0 Å². The predicted octanol–water partition coefficient (Wildman–Crippen LogP) is 2.93. The van der Waals surface area contributed by atoms with E-state index in [1.54, 1.807) is 12.1 Å². The molecule has 14 heavy (non-hydrogen) atoms. The van der Waals surface area contributed by atoms with Crippen molar-refractivity contribution in [3.63, 3.8) is 0 Å². The highest BCUT2D eigenvalue weighted by Crippen LogP contribution is 2.07. The summed E-state index contributed by atoms with van der Waals surface area (Å²) in [5.41, 5.74) is 0.666. The molecule has 74 valence electrons. The van der Waals surface area contributed by atoms with Gasteiger partial charge in [0.05, 0.1) is 0 Å². The number of carbonyl (C=O) groups excluding carboxylic acids is 1. The maximum absolute atomic E-state index is 11.5. The molecule has 0 aromatic heterocycles. The zero-order valence-corrected chi connectivity index (χ0v) is 11.1. The van der Waals surface area contributed by atoms with E-state index in [2.05, 4.69) is 50.4 Å². The lowest BCUT2D eigenvalue weighted by atomic mass is 10.2. The number of rotatable bonds is 3. The van der Waals surface area contributed by atoms with Crippen LogP contribution in [0.3, 0.4) is 0 Å². The number of halogens is 2. The Morgan fingerprint density at radius 1 is 1.43 bits per heavy atom. The Kier molecular flexibility index (Phi) is 4.60. The fourth-order valence-corrected chi connectivity index (χ4v) is 1.38. The van der Waals surface area contributed by atoms with Crippen molar-refractivity contribution < 1.29 is 4.79 Å². The molecule has 1 N–H and O–H groups in total. The molecule has 2 nitrogen and oxygen atoms in total. The second-order valence-corrected chi connectivity index (χ2v) is 5.07. The summed E-state index contributed by atoms with van der Waals surface area (Å²) in [6.45, 7) is 4.08. The van der Waals surface area contributed by atoms with Gasteiger partial charge in [-0.3, -0.25) is 4.79 Å². The highest BCUT2D eigenvalue weighted by molar-refractivity contribution is 14.1. The molecule has 0 saturated heterocycles. The lowest BCUT2D eigenvalue weighted by molar-refractivity contribution is 0.0958. The summed E-state index contributed by atoms with van der Waals surface area (Å²) in [6.07, 6.45) is 0. The quantitative estimate of drug-likeness (QED) is 0.820. The fourth-order valence-electron chi connectivity index (χ4n) is 0.880. The summed E-state index contributed by atoms with van der Waals surface area (Å²) in [5, 5.41) is 2.73. The zero-order valence-electron chi connectivity index (χ0n) is 7.39. The number of amides is 1. The second kappa shape index (κ2) is 5.50. The Labute approximate surface area is 105 Å². The van der Waals surface area contributed by atoms with E-state index < -0.39 is 0 Å². The van der Waals surface area contributed by atoms with E-state index in [4.69, 9.17) is 0 Å². The molecule has 0 spiro atoms. The van der Waals surface area contributed by atoms with Crippen LogP contribution in [0.4, 0.5) is 0 Å². The van der Waals surface area contributed by atoms with E-state index in [1.165, 1.54) is 0 Å². The first-order chi connectivity index (χ1) is 6.59. The van der Waals surface area contributed by atoms with Gasteiger partial charge in [0.15, 0.2) is 0 Å². The third-order valence-electron chi connectivity index (χ3n) is 1.55. The predicted molar refractivity (Wildman–Crippen MR) is 69.6 cm³/mol. The minimum absolute atomic E-state index is 0.0815. The van der Waals surface area contributed by atoms with Gasteiger partial charge in [0.1, 0.15) is 0 Å². The van der Waals surface area contributed by atoms with Gasteiger partial charge in [-0.15, -0.1) is 0 Å². The van der Waals surface area contributed by atoms with Crippen LogP contribution in [0.2, 0.25) is 0 Å². The number of hydrogen-bond donors (Lipinski definition) is 1. The van der Waals surface area contributed by atoms with Crippen LogP contribution in [0.25, 0.3) is 0 Å². The van der Waals surface area contributed by atoms with Gasteiger partial charge in [-0.1, -0.05) is 22.5 Å². The van der Waals surface area contributed by atoms with Crippen molar-refractivity contribution in [1.29, 1.82) is 0 Å². The molecule has 1 aromatic carbocycles. The summed E-state index contributed by atoms with van der Waals surface area (Å²) >= 11 is 5.38. The molecule has 0 saturated carbocycles. The van der Waals surface area contributed by atoms with Crippen LogP contribution in [-0.2, 0) is 0 Å². The molecule has 0 unspecified atom stereocenters. The van der Waals surface area contributed by atoms with E-state index in [-0.39, 0.29) is 5.91 Å². The molecule has 0 fully saturated rings. The summed E-state index contributed by atoms with van der Waals surface area (Å²) in [4.78, 5) is 11.5. The maximum Gasteiger partial charge on any atom is 0.251 e. The van der Waals surface area contributed by atoms with Gasteiger partial charge in [0.25, 0.3) is 5.91 Å². The number of hydrogen-bond acceptors (Lipinski definition) is 1. The van der Waals surface area contributed by atoms with Gasteiger partial charge in [0, 0.05) is 20.2 Å². The van der Waals surface area contributed by atoms with Crippen LogP contribution in [0, 0.1) is 3.57 Å². The van der Waals surface area contributed by atoms with E-state index in [1.807, 2.05) is 12.1 Å². The third-order valence-corrected chi connectivity index (χ3v) is 2.55. The fraction of sp³-hybridized carbons (Fsp3) is 0.100. The monoisotopic (exact) mass is 365 g/mol. The molecule has 0 aliphatic carbocycles. The van der Waals surface area contributed by atoms with Gasteiger partial charge in [0.2, 0.25) is 0 Å². The summed E-state index contributed by atoms with van der Waals surface area (Å²) in [5.74, 6) is -0.0815. The van der Waals surface area contributed by atoms with Gasteiger partial charge < -0.3 is 5.32 Å². The van der Waals surface area contributed by atoms with Crippen molar-refractivity contribution in [1.82, 2.24) is 5.32 Å². The van der Waals surface area contributed by atoms with Crippen molar-refractivity contribution in [2.24, 2.45) is 0 Å². The lowest BCUT2D eigenvalue weighted by Crippen LogP contribution is -2.24. The lowest BCUT2D eigenvalue weighted by Gasteiger charge is -2.03. The summed E-state index contributed by atoms with van der Waals surface area (Å²) in [6, 6.07) is 7.40. The average Bonchev–Trinajstić information content (AvgIpc) is 2.15. The van der Waals surface area contributed by atoms with E-state index in [9.17, 15) is 4.79 Å². The molecule has 0 aliphatic heterocycles. The molecule has 0 bridgehead atoms. The van der Waals surface area contributed by atoms with Crippen molar-refractivity contribution in [3.05, 3.63) is 44.5 Å². The molecule has 0 aliphatic rings. The molecule has 0 heterocycles. The van der Waals surface area contributed by atoms with Crippen molar-refractivity contribution in [2.75, 3.05) is 6.54 Å². The Balaban J connectivity index is 2.61. The summed E-state index contributed by atoms with van der Waals surface area (Å²) in [7, 11) is 0. The summed E-state index contributed by atoms with van der Waals surface area (Å²) < 4.78 is 1.88. The van der Waals surface area contributed by atoms with Gasteiger partial charge in [-0.05, 0) is 46.9 Å². The van der Waals surface area contributed by atoms with Crippen LogP contribution < -0.4 is 5.32 Å². The van der Waals surface area contributed by atoms with Crippen molar-refractivity contribution in [3.8, 4) is 0 Å². The van der Waals surface area contributed by atoms with Crippen LogP contribution in [0.1, 0.15) is 10.4 Å². The van der Waals surface area contributed by atoms with Crippen LogP contribution in [-0.4, -0.2) is 12.5 Å². The normalized spacial score (nSPS) is 9.57. The average molecular weight is 366 g/mol. The van der Waals surface area contributed by atoms with E-state index >= 15 is 0 Å². The van der Waals surface area contributed by atoms with Crippen molar-refractivity contribution >= 4 is 44.4 Å². The molecule has 0 atom stereocenters. The SMILES string of the molecule is C=C(Br)CNC(=O)c1ccc(I)cc1. The number of carbonyl (C=O) groups is 1. The topological polar surface area (TPSA) is 29.1 Å². The smallest absolute Gasteiger partial charge is 0.251 e. The van der Waals surface area contributed by atoms with E-state index in [0.29, 0.717) is 12.1 Å². The highest BCUT2D eigenvalue weighted by atomic mass is 127. The van der Waals surface area contributed by atoms with E-state index in [0.717, 1.165) is 8.05 Å². The van der Waals surface area contributed by atoms with Crippen LogP contribution in [0.15, 0.2) is 35.3 Å². The molecule has 1 aromatic rings. The minimum Gasteiger partial charge on any atom is -0.347 e. The molecule has 1 rings (SSSR count). The van der Waals surface area contributed by atoms with Crippen LogP contribution in [0.5, 0.6) is 0 Å². The Bertz CT molecular complexity index is 348. The zero-order chi connectivity index (χ0) is 10.6. The molecular weight excluding hydrogens is 357 g/mol. The minimum atomic E-state index is -0.0815. The molecular formula is C10H9BrINO. The highest BCUT2D eigenvalue weighted by Gasteiger charge is 2.03. The number of benzene rings is 1. The van der Waals surface area contributed by atoms with Gasteiger partial charge >= 0.3 is 0 Å². The largest absolute Gasteiger partial charge is 0.347 e. The molecule has 1 amide bonds. The first-order valence-electron chi connectivity index (χ1n) is 3.96. The van der Waals surface area contributed by atoms with Crippen LogP contribution >= 0.6 is 38.5 Å². The Hall–Kier alpha value is -0.360. The first-order valence-corrected chi connectivity index (χ1v) is 5.84. The Morgan fingerprint density at radius 2 is 2.00 bits per heavy atom. The Morgan fingerprint density at radius 3 is 2.50 bits per heavy atom. The second-order valence-electron chi connectivity index (χ2n) is 2.71. The standard InChI is InChI=1S/C10H9BrINO/c1-7(11)6-13-10(14)8-2-4-9(12)5-3-8/h2-5H,1,6H2,(H,13,14). The number of nitrogens with one attached hydrogen (secondary N) is 1.